The average molecular weight is 304 g/mol. The van der Waals surface area contributed by atoms with Gasteiger partial charge in [0.1, 0.15) is 12.4 Å². The molecular weight excluding hydrogens is 284 g/mol. The first kappa shape index (κ1) is 14.9. The van der Waals surface area contributed by atoms with Crippen molar-refractivity contribution in [1.29, 1.82) is 0 Å². The summed E-state index contributed by atoms with van der Waals surface area (Å²) in [7, 11) is 3.61. The van der Waals surface area contributed by atoms with E-state index in [0.717, 1.165) is 37.4 Å². The molecule has 7 heteroatoms. The van der Waals surface area contributed by atoms with Crippen LogP contribution in [-0.2, 0) is 16.1 Å². The molecule has 0 radical (unpaired) electrons. The first-order chi connectivity index (χ1) is 10.8. The van der Waals surface area contributed by atoms with Gasteiger partial charge in [0.05, 0.1) is 11.7 Å². The van der Waals surface area contributed by atoms with E-state index in [1.807, 2.05) is 19.2 Å². The number of hydrogen-bond acceptors (Lipinski definition) is 7. The third-order valence-corrected chi connectivity index (χ3v) is 3.63. The van der Waals surface area contributed by atoms with E-state index in [9.17, 15) is 0 Å². The van der Waals surface area contributed by atoms with Gasteiger partial charge in [-0.1, -0.05) is 5.16 Å². The number of methoxy groups -OCH3 is 1. The zero-order valence-electron chi connectivity index (χ0n) is 12.9. The summed E-state index contributed by atoms with van der Waals surface area (Å²) in [4.78, 5) is 10.8. The van der Waals surface area contributed by atoms with E-state index in [2.05, 4.69) is 20.0 Å². The number of pyridine rings is 1. The largest absolute Gasteiger partial charge is 0.377 e. The molecule has 2 aromatic heterocycles. The van der Waals surface area contributed by atoms with Crippen LogP contribution < -0.4 is 4.90 Å². The van der Waals surface area contributed by atoms with Crippen LogP contribution in [-0.4, -0.2) is 48.5 Å². The normalized spacial score (nSPS) is 17.8. The number of likely N-dealkylation sites (N-methyl/N-ethyl adjacent to an activating group) is 1. The fourth-order valence-electron chi connectivity index (χ4n) is 2.48. The molecule has 0 aliphatic carbocycles. The molecule has 3 heterocycles. The molecule has 0 spiro atoms. The van der Waals surface area contributed by atoms with Crippen LogP contribution in [0.15, 0.2) is 22.9 Å². The Morgan fingerprint density at radius 3 is 3.00 bits per heavy atom. The molecule has 0 aromatic carbocycles. The standard InChI is InChI=1S/C15H20N4O3/c1-19(9-12-4-3-7-21-12)14-6-5-11(8-16-14)15-17-13(10-20-2)18-22-15/h5-6,8,12H,3-4,7,9-10H2,1-2H3/t12-/m0/s1. The van der Waals surface area contributed by atoms with Crippen LogP contribution in [0.25, 0.3) is 11.5 Å². The molecule has 2 aromatic rings. The summed E-state index contributed by atoms with van der Waals surface area (Å²) in [6.07, 6.45) is 4.31. The van der Waals surface area contributed by atoms with Gasteiger partial charge in [-0.25, -0.2) is 4.98 Å². The van der Waals surface area contributed by atoms with Gasteiger partial charge < -0.3 is 18.9 Å². The summed E-state index contributed by atoms with van der Waals surface area (Å²) in [6, 6.07) is 3.88. The maximum absolute atomic E-state index is 5.65. The summed E-state index contributed by atoms with van der Waals surface area (Å²) in [6.45, 7) is 2.05. The van der Waals surface area contributed by atoms with Gasteiger partial charge in [-0.15, -0.1) is 0 Å². The van der Waals surface area contributed by atoms with E-state index >= 15 is 0 Å². The van der Waals surface area contributed by atoms with Crippen molar-refractivity contribution in [2.45, 2.75) is 25.6 Å². The number of ether oxygens (including phenoxy) is 2. The van der Waals surface area contributed by atoms with Crippen molar-refractivity contribution in [2.75, 3.05) is 32.2 Å². The van der Waals surface area contributed by atoms with Gasteiger partial charge in [0, 0.05) is 33.5 Å². The van der Waals surface area contributed by atoms with Crippen LogP contribution in [0.3, 0.4) is 0 Å². The molecule has 3 rings (SSSR count). The van der Waals surface area contributed by atoms with E-state index in [-0.39, 0.29) is 0 Å². The minimum absolute atomic E-state index is 0.305. The topological polar surface area (TPSA) is 73.5 Å². The second-order valence-electron chi connectivity index (χ2n) is 5.37. The van der Waals surface area contributed by atoms with E-state index in [4.69, 9.17) is 14.0 Å². The fourth-order valence-corrected chi connectivity index (χ4v) is 2.48. The molecule has 22 heavy (non-hydrogen) atoms. The van der Waals surface area contributed by atoms with Crippen molar-refractivity contribution in [3.05, 3.63) is 24.2 Å². The molecule has 1 aliphatic heterocycles. The number of rotatable bonds is 6. The van der Waals surface area contributed by atoms with Crippen LogP contribution in [0.2, 0.25) is 0 Å². The highest BCUT2D eigenvalue weighted by molar-refractivity contribution is 5.54. The van der Waals surface area contributed by atoms with Crippen LogP contribution >= 0.6 is 0 Å². The Morgan fingerprint density at radius 1 is 1.41 bits per heavy atom. The van der Waals surface area contributed by atoms with Gasteiger partial charge in [-0.2, -0.15) is 4.98 Å². The molecule has 1 fully saturated rings. The van der Waals surface area contributed by atoms with Crippen molar-refractivity contribution in [3.8, 4) is 11.5 Å². The minimum atomic E-state index is 0.305. The average Bonchev–Trinajstić information content (AvgIpc) is 3.20. The smallest absolute Gasteiger partial charge is 0.259 e. The van der Waals surface area contributed by atoms with Gasteiger partial charge in [0.2, 0.25) is 0 Å². The summed E-state index contributed by atoms with van der Waals surface area (Å²) in [5, 5.41) is 3.84. The van der Waals surface area contributed by atoms with Crippen LogP contribution in [0.4, 0.5) is 5.82 Å². The molecule has 118 valence electrons. The third-order valence-electron chi connectivity index (χ3n) is 3.63. The Kier molecular flexibility index (Phi) is 4.65. The van der Waals surface area contributed by atoms with Crippen molar-refractivity contribution in [2.24, 2.45) is 0 Å². The highest BCUT2D eigenvalue weighted by Gasteiger charge is 2.18. The molecule has 0 saturated carbocycles. The lowest BCUT2D eigenvalue weighted by Crippen LogP contribution is -2.29. The monoisotopic (exact) mass is 304 g/mol. The van der Waals surface area contributed by atoms with E-state index in [1.165, 1.54) is 0 Å². The van der Waals surface area contributed by atoms with Gasteiger partial charge in [0.15, 0.2) is 5.82 Å². The van der Waals surface area contributed by atoms with Gasteiger partial charge in [-0.3, -0.25) is 0 Å². The lowest BCUT2D eigenvalue weighted by molar-refractivity contribution is 0.116. The number of hydrogen-bond donors (Lipinski definition) is 0. The van der Waals surface area contributed by atoms with E-state index in [1.54, 1.807) is 13.3 Å². The molecule has 0 bridgehead atoms. The van der Waals surface area contributed by atoms with Crippen LogP contribution in [0.1, 0.15) is 18.7 Å². The summed E-state index contributed by atoms with van der Waals surface area (Å²) < 4.78 is 15.8. The molecular formula is C15H20N4O3. The zero-order chi connectivity index (χ0) is 15.4. The predicted octanol–water partition coefficient (Wildman–Crippen LogP) is 1.89. The Hall–Kier alpha value is -1.99. The number of nitrogens with zero attached hydrogens (tertiary/aromatic N) is 4. The lowest BCUT2D eigenvalue weighted by Gasteiger charge is -2.21. The van der Waals surface area contributed by atoms with Crippen LogP contribution in [0, 0.1) is 0 Å². The van der Waals surface area contributed by atoms with Gasteiger partial charge in [-0.05, 0) is 25.0 Å². The summed E-state index contributed by atoms with van der Waals surface area (Å²) >= 11 is 0. The minimum Gasteiger partial charge on any atom is -0.377 e. The maximum atomic E-state index is 5.65. The first-order valence-corrected chi connectivity index (χ1v) is 7.37. The zero-order valence-corrected chi connectivity index (χ0v) is 12.9. The Balaban J connectivity index is 1.65. The predicted molar refractivity (Wildman–Crippen MR) is 80.5 cm³/mol. The summed E-state index contributed by atoms with van der Waals surface area (Å²) in [5.74, 6) is 1.88. The summed E-state index contributed by atoms with van der Waals surface area (Å²) in [5.41, 5.74) is 0.795. The Morgan fingerprint density at radius 2 is 2.32 bits per heavy atom. The second-order valence-corrected chi connectivity index (χ2v) is 5.37. The Bertz CT molecular complexity index is 593. The SMILES string of the molecule is COCc1noc(-c2ccc(N(C)C[C@@H]3CCCO3)nc2)n1. The molecule has 7 nitrogen and oxygen atoms in total. The van der Waals surface area contributed by atoms with Gasteiger partial charge >= 0.3 is 0 Å². The molecule has 0 unspecified atom stereocenters. The fraction of sp³-hybridized carbons (Fsp3) is 0.533. The molecule has 0 amide bonds. The van der Waals surface area contributed by atoms with E-state index < -0.39 is 0 Å². The van der Waals surface area contributed by atoms with Crippen LogP contribution in [0.5, 0.6) is 0 Å². The second kappa shape index (κ2) is 6.85. The number of anilines is 1. The number of aromatic nitrogens is 3. The quantitative estimate of drug-likeness (QED) is 0.806. The highest BCUT2D eigenvalue weighted by Crippen LogP contribution is 2.20. The van der Waals surface area contributed by atoms with Crippen molar-refractivity contribution in [1.82, 2.24) is 15.1 Å². The highest BCUT2D eigenvalue weighted by atomic mass is 16.5. The first-order valence-electron chi connectivity index (χ1n) is 7.37. The van der Waals surface area contributed by atoms with Gasteiger partial charge in [0.25, 0.3) is 5.89 Å². The molecule has 1 atom stereocenters. The maximum Gasteiger partial charge on any atom is 0.259 e. The van der Waals surface area contributed by atoms with Crippen molar-refractivity contribution >= 4 is 5.82 Å². The molecule has 0 N–H and O–H groups in total. The van der Waals surface area contributed by atoms with Crippen molar-refractivity contribution < 1.29 is 14.0 Å². The molecule has 1 saturated heterocycles. The third kappa shape index (κ3) is 3.42. The lowest BCUT2D eigenvalue weighted by atomic mass is 10.2. The van der Waals surface area contributed by atoms with Crippen molar-refractivity contribution in [3.63, 3.8) is 0 Å². The Labute approximate surface area is 129 Å². The molecule has 1 aliphatic rings. The van der Waals surface area contributed by atoms with E-state index in [0.29, 0.717) is 24.4 Å².